The van der Waals surface area contributed by atoms with Gasteiger partial charge in [0.1, 0.15) is 16.8 Å². The average Bonchev–Trinajstić information content (AvgIpc) is 2.90. The number of fused-ring (bicyclic) bond motifs is 1. The Morgan fingerprint density at radius 3 is 2.62 bits per heavy atom. The number of hydrogen-bond donors (Lipinski definition) is 2. The molecule has 6 heteroatoms. The van der Waals surface area contributed by atoms with Gasteiger partial charge in [-0.3, -0.25) is 0 Å². The molecule has 106 valence electrons. The van der Waals surface area contributed by atoms with E-state index in [4.69, 9.17) is 14.9 Å². The second-order valence-electron chi connectivity index (χ2n) is 4.47. The summed E-state index contributed by atoms with van der Waals surface area (Å²) in [6.07, 6.45) is 0. The monoisotopic (exact) mass is 284 g/mol. The summed E-state index contributed by atoms with van der Waals surface area (Å²) in [5.41, 5.74) is 7.36. The molecule has 0 atom stereocenters. The Balaban J connectivity index is 2.16. The summed E-state index contributed by atoms with van der Waals surface area (Å²) in [6.45, 7) is 0. The topological polar surface area (TPSA) is 98.6 Å². The predicted octanol–water partition coefficient (Wildman–Crippen LogP) is 2.78. The third-order valence-corrected chi connectivity index (χ3v) is 3.08. The molecule has 0 aliphatic heterocycles. The van der Waals surface area contributed by atoms with Crippen LogP contribution in [0, 0.1) is 0 Å². The standard InChI is InChI=1S/C15H12N2O4/c1-20-10-4-2-8(3-5-10)14-17-12-7-9(16)6-11(15(18)19)13(12)21-14/h2-7H,16H2,1H3,(H,18,19). The van der Waals surface area contributed by atoms with Gasteiger partial charge >= 0.3 is 5.97 Å². The Bertz CT molecular complexity index is 822. The Labute approximate surface area is 119 Å². The summed E-state index contributed by atoms with van der Waals surface area (Å²) in [6, 6.07) is 10.1. The summed E-state index contributed by atoms with van der Waals surface area (Å²) in [5, 5.41) is 9.20. The van der Waals surface area contributed by atoms with Gasteiger partial charge in [-0.25, -0.2) is 9.78 Å². The van der Waals surface area contributed by atoms with E-state index in [1.54, 1.807) is 37.4 Å². The first-order chi connectivity index (χ1) is 10.1. The number of nitrogens with two attached hydrogens (primary N) is 1. The first-order valence-electron chi connectivity index (χ1n) is 6.16. The van der Waals surface area contributed by atoms with Gasteiger partial charge in [0.05, 0.1) is 7.11 Å². The zero-order valence-electron chi connectivity index (χ0n) is 11.2. The second kappa shape index (κ2) is 4.82. The molecule has 0 amide bonds. The van der Waals surface area contributed by atoms with Crippen molar-refractivity contribution in [2.45, 2.75) is 0 Å². The Hall–Kier alpha value is -3.02. The molecule has 0 spiro atoms. The number of rotatable bonds is 3. The molecule has 0 unspecified atom stereocenters. The number of carboxylic acids is 1. The number of aromatic nitrogens is 1. The molecule has 3 aromatic rings. The van der Waals surface area contributed by atoms with E-state index in [1.165, 1.54) is 6.07 Å². The molecule has 0 aliphatic carbocycles. The quantitative estimate of drug-likeness (QED) is 0.717. The van der Waals surface area contributed by atoms with E-state index in [1.807, 2.05) is 0 Å². The van der Waals surface area contributed by atoms with Gasteiger partial charge in [-0.15, -0.1) is 0 Å². The normalized spacial score (nSPS) is 10.7. The highest BCUT2D eigenvalue weighted by atomic mass is 16.5. The van der Waals surface area contributed by atoms with Crippen LogP contribution in [0.4, 0.5) is 5.69 Å². The molecule has 0 saturated heterocycles. The molecule has 2 aromatic carbocycles. The van der Waals surface area contributed by atoms with Crippen molar-refractivity contribution in [3.8, 4) is 17.2 Å². The summed E-state index contributed by atoms with van der Waals surface area (Å²) in [5.74, 6) is -0.0594. The lowest BCUT2D eigenvalue weighted by Crippen LogP contribution is -1.98. The number of oxazole rings is 1. The number of nitrogen functional groups attached to an aromatic ring is 1. The van der Waals surface area contributed by atoms with Crippen molar-refractivity contribution >= 4 is 22.8 Å². The Kier molecular flexibility index (Phi) is 2.98. The number of nitrogens with zero attached hydrogens (tertiary/aromatic N) is 1. The van der Waals surface area contributed by atoms with Crippen LogP contribution in [0.3, 0.4) is 0 Å². The van der Waals surface area contributed by atoms with E-state index in [9.17, 15) is 9.90 Å². The van der Waals surface area contributed by atoms with Crippen molar-refractivity contribution in [2.75, 3.05) is 12.8 Å². The number of carbonyl (C=O) groups is 1. The predicted molar refractivity (Wildman–Crippen MR) is 77.4 cm³/mol. The van der Waals surface area contributed by atoms with Crippen molar-refractivity contribution in [2.24, 2.45) is 0 Å². The van der Waals surface area contributed by atoms with E-state index in [0.29, 0.717) is 22.8 Å². The maximum absolute atomic E-state index is 11.2. The minimum atomic E-state index is -1.11. The van der Waals surface area contributed by atoms with Gasteiger partial charge in [-0.2, -0.15) is 0 Å². The van der Waals surface area contributed by atoms with Gasteiger partial charge in [0, 0.05) is 11.3 Å². The van der Waals surface area contributed by atoms with Gasteiger partial charge in [0.2, 0.25) is 5.89 Å². The van der Waals surface area contributed by atoms with Crippen molar-refractivity contribution < 1.29 is 19.1 Å². The number of anilines is 1. The molecule has 6 nitrogen and oxygen atoms in total. The molecule has 0 radical (unpaired) electrons. The van der Waals surface area contributed by atoms with Gasteiger partial charge in [0.15, 0.2) is 5.58 Å². The third kappa shape index (κ3) is 2.27. The Morgan fingerprint density at radius 1 is 1.29 bits per heavy atom. The minimum Gasteiger partial charge on any atom is -0.497 e. The molecule has 1 aromatic heterocycles. The molecule has 21 heavy (non-hydrogen) atoms. The largest absolute Gasteiger partial charge is 0.497 e. The van der Waals surface area contributed by atoms with Gasteiger partial charge in [0.25, 0.3) is 0 Å². The highest BCUT2D eigenvalue weighted by Crippen LogP contribution is 2.29. The third-order valence-electron chi connectivity index (χ3n) is 3.08. The van der Waals surface area contributed by atoms with Crippen molar-refractivity contribution in [1.29, 1.82) is 0 Å². The second-order valence-corrected chi connectivity index (χ2v) is 4.47. The van der Waals surface area contributed by atoms with Crippen LogP contribution in [-0.2, 0) is 0 Å². The van der Waals surface area contributed by atoms with E-state index in [0.717, 1.165) is 5.56 Å². The fraction of sp³-hybridized carbons (Fsp3) is 0.0667. The molecule has 0 bridgehead atoms. The fourth-order valence-corrected chi connectivity index (χ4v) is 2.07. The highest BCUT2D eigenvalue weighted by molar-refractivity contribution is 6.02. The van der Waals surface area contributed by atoms with E-state index in [-0.39, 0.29) is 11.1 Å². The number of hydrogen-bond acceptors (Lipinski definition) is 5. The molecule has 0 aliphatic rings. The van der Waals surface area contributed by atoms with Crippen LogP contribution in [0.25, 0.3) is 22.6 Å². The van der Waals surface area contributed by atoms with Crippen LogP contribution in [0.15, 0.2) is 40.8 Å². The zero-order valence-corrected chi connectivity index (χ0v) is 11.2. The number of ether oxygens (including phenoxy) is 1. The molecule has 0 fully saturated rings. The molecule has 3 rings (SSSR count). The average molecular weight is 284 g/mol. The molecular formula is C15H12N2O4. The summed E-state index contributed by atoms with van der Waals surface area (Å²) in [7, 11) is 1.58. The van der Waals surface area contributed by atoms with Crippen LogP contribution in [-0.4, -0.2) is 23.2 Å². The van der Waals surface area contributed by atoms with Gasteiger partial charge < -0.3 is 20.0 Å². The molecule has 1 heterocycles. The fourth-order valence-electron chi connectivity index (χ4n) is 2.07. The van der Waals surface area contributed by atoms with Gasteiger partial charge in [-0.05, 0) is 36.4 Å². The smallest absolute Gasteiger partial charge is 0.339 e. The number of benzene rings is 2. The number of methoxy groups -OCH3 is 1. The number of aromatic carboxylic acids is 1. The summed E-state index contributed by atoms with van der Waals surface area (Å²) < 4.78 is 10.7. The van der Waals surface area contributed by atoms with Gasteiger partial charge in [-0.1, -0.05) is 0 Å². The lowest BCUT2D eigenvalue weighted by Gasteiger charge is -1.99. The van der Waals surface area contributed by atoms with Crippen molar-refractivity contribution in [1.82, 2.24) is 4.98 Å². The van der Waals surface area contributed by atoms with Crippen LogP contribution < -0.4 is 10.5 Å². The summed E-state index contributed by atoms with van der Waals surface area (Å²) >= 11 is 0. The van der Waals surface area contributed by atoms with Crippen LogP contribution in [0.5, 0.6) is 5.75 Å². The van der Waals surface area contributed by atoms with Crippen LogP contribution >= 0.6 is 0 Å². The molecule has 3 N–H and O–H groups in total. The first kappa shape index (κ1) is 13.0. The van der Waals surface area contributed by atoms with Crippen molar-refractivity contribution in [3.05, 3.63) is 42.0 Å². The summed E-state index contributed by atoms with van der Waals surface area (Å²) in [4.78, 5) is 15.5. The Morgan fingerprint density at radius 2 is 2.00 bits per heavy atom. The van der Waals surface area contributed by atoms with Crippen LogP contribution in [0.1, 0.15) is 10.4 Å². The van der Waals surface area contributed by atoms with Crippen molar-refractivity contribution in [3.63, 3.8) is 0 Å². The van der Waals surface area contributed by atoms with E-state index < -0.39 is 5.97 Å². The molecule has 0 saturated carbocycles. The van der Waals surface area contributed by atoms with E-state index >= 15 is 0 Å². The zero-order chi connectivity index (χ0) is 15.0. The maximum atomic E-state index is 11.2. The van der Waals surface area contributed by atoms with E-state index in [2.05, 4.69) is 4.98 Å². The molecular weight excluding hydrogens is 272 g/mol. The lowest BCUT2D eigenvalue weighted by atomic mass is 10.2. The lowest BCUT2D eigenvalue weighted by molar-refractivity contribution is 0.0698. The van der Waals surface area contributed by atoms with Crippen LogP contribution in [0.2, 0.25) is 0 Å². The maximum Gasteiger partial charge on any atom is 0.339 e. The highest BCUT2D eigenvalue weighted by Gasteiger charge is 2.17. The first-order valence-corrected chi connectivity index (χ1v) is 6.16. The minimum absolute atomic E-state index is 0.00254. The number of carboxylic acid groups (broad SMARTS) is 1. The SMILES string of the molecule is COc1ccc(-c2nc3cc(N)cc(C(=O)O)c3o2)cc1.